The van der Waals surface area contributed by atoms with Crippen LogP contribution < -0.4 is 0 Å². The Bertz CT molecular complexity index is 558. The molecule has 0 aromatic heterocycles. The van der Waals surface area contributed by atoms with Crippen molar-refractivity contribution >= 4 is 0 Å². The Morgan fingerprint density at radius 1 is 1.23 bits per heavy atom. The van der Waals surface area contributed by atoms with E-state index >= 15 is 0 Å². The molecule has 3 nitrogen and oxygen atoms in total. The van der Waals surface area contributed by atoms with Crippen molar-refractivity contribution in [2.75, 3.05) is 19.7 Å². The average Bonchev–Trinajstić information content (AvgIpc) is 2.55. The molecule has 0 radical (unpaired) electrons. The molecule has 120 valence electrons. The molecule has 2 fully saturated rings. The van der Waals surface area contributed by atoms with Crippen LogP contribution in [0.5, 0.6) is 5.75 Å². The zero-order chi connectivity index (χ0) is 15.2. The van der Waals surface area contributed by atoms with E-state index in [2.05, 4.69) is 17.0 Å². The molecule has 1 aromatic rings. The van der Waals surface area contributed by atoms with E-state index < -0.39 is 0 Å². The highest BCUT2D eigenvalue weighted by Gasteiger charge is 2.53. The van der Waals surface area contributed by atoms with Gasteiger partial charge >= 0.3 is 0 Å². The summed E-state index contributed by atoms with van der Waals surface area (Å²) in [7, 11) is 0. The maximum atomic E-state index is 10.0. The fourth-order valence-corrected chi connectivity index (χ4v) is 5.62. The van der Waals surface area contributed by atoms with Crippen molar-refractivity contribution in [2.45, 2.75) is 56.4 Å². The van der Waals surface area contributed by atoms with Crippen molar-refractivity contribution in [3.8, 4) is 5.75 Å². The van der Waals surface area contributed by atoms with Gasteiger partial charge in [0.15, 0.2) is 0 Å². The number of fused-ring (bicyclic) bond motifs is 1. The van der Waals surface area contributed by atoms with Gasteiger partial charge in [-0.1, -0.05) is 18.9 Å². The van der Waals surface area contributed by atoms with Crippen molar-refractivity contribution in [1.82, 2.24) is 4.90 Å². The summed E-state index contributed by atoms with van der Waals surface area (Å²) in [6.07, 6.45) is 8.52. The van der Waals surface area contributed by atoms with Crippen molar-refractivity contribution in [3.05, 3.63) is 29.3 Å². The first-order valence-electron chi connectivity index (χ1n) is 8.92. The first-order chi connectivity index (χ1) is 10.7. The Morgan fingerprint density at radius 2 is 2.14 bits per heavy atom. The predicted molar refractivity (Wildman–Crippen MR) is 87.1 cm³/mol. The number of aliphatic hydroxyl groups excluding tert-OH is 1. The summed E-state index contributed by atoms with van der Waals surface area (Å²) in [6.45, 7) is 2.47. The number of phenolic OH excluding ortho intramolecular Hbond substituents is 1. The number of aromatic hydroxyl groups is 1. The zero-order valence-corrected chi connectivity index (χ0v) is 13.3. The molecule has 1 saturated carbocycles. The van der Waals surface area contributed by atoms with Gasteiger partial charge in [0.25, 0.3) is 0 Å². The van der Waals surface area contributed by atoms with Crippen LogP contribution in [0, 0.1) is 5.92 Å². The lowest BCUT2D eigenvalue weighted by atomic mass is 9.52. The van der Waals surface area contributed by atoms with Gasteiger partial charge in [0.05, 0.1) is 0 Å². The normalized spacial score (nSPS) is 34.0. The summed E-state index contributed by atoms with van der Waals surface area (Å²) in [5.74, 6) is 1.17. The van der Waals surface area contributed by atoms with Crippen LogP contribution in [0.4, 0.5) is 0 Å². The van der Waals surface area contributed by atoms with Gasteiger partial charge in [-0.3, -0.25) is 4.90 Å². The summed E-state index contributed by atoms with van der Waals surface area (Å²) in [4.78, 5) is 2.64. The van der Waals surface area contributed by atoms with Gasteiger partial charge in [-0.25, -0.2) is 0 Å². The molecular weight excluding hydrogens is 274 g/mol. The molecule has 1 aromatic carbocycles. The van der Waals surface area contributed by atoms with Gasteiger partial charge in [0, 0.05) is 24.6 Å². The SMILES string of the molecule is OCCCN1CC[C@]23CCCC[C@H]2[C@@H]1Cc1ccc(O)cc13. The highest BCUT2D eigenvalue weighted by Crippen LogP contribution is 2.56. The summed E-state index contributed by atoms with van der Waals surface area (Å²) >= 11 is 0. The molecule has 2 bridgehead atoms. The Hall–Kier alpha value is -1.06. The third kappa shape index (κ3) is 2.10. The van der Waals surface area contributed by atoms with Crippen LogP contribution >= 0.6 is 0 Å². The molecule has 22 heavy (non-hydrogen) atoms. The summed E-state index contributed by atoms with van der Waals surface area (Å²) in [6, 6.07) is 6.71. The summed E-state index contributed by atoms with van der Waals surface area (Å²) in [5, 5.41) is 19.2. The van der Waals surface area contributed by atoms with Crippen LogP contribution in [0.3, 0.4) is 0 Å². The largest absolute Gasteiger partial charge is 0.508 e. The summed E-state index contributed by atoms with van der Waals surface area (Å²) in [5.41, 5.74) is 3.22. The molecule has 0 spiro atoms. The number of benzene rings is 1. The quantitative estimate of drug-likeness (QED) is 0.902. The predicted octanol–water partition coefficient (Wildman–Crippen LogP) is 2.83. The molecule has 1 aliphatic heterocycles. The average molecular weight is 301 g/mol. The van der Waals surface area contributed by atoms with Gasteiger partial charge in [0.2, 0.25) is 0 Å². The molecule has 4 rings (SSSR count). The highest BCUT2D eigenvalue weighted by atomic mass is 16.3. The van der Waals surface area contributed by atoms with Crippen molar-refractivity contribution in [2.24, 2.45) is 5.92 Å². The fourth-order valence-electron chi connectivity index (χ4n) is 5.62. The Kier molecular flexibility index (Phi) is 3.66. The van der Waals surface area contributed by atoms with Crippen LogP contribution in [-0.2, 0) is 11.8 Å². The monoisotopic (exact) mass is 301 g/mol. The number of rotatable bonds is 3. The lowest BCUT2D eigenvalue weighted by Crippen LogP contribution is -2.61. The molecule has 2 N–H and O–H groups in total. The topological polar surface area (TPSA) is 43.7 Å². The van der Waals surface area contributed by atoms with E-state index in [4.69, 9.17) is 0 Å². The highest BCUT2D eigenvalue weighted by molar-refractivity contribution is 5.45. The lowest BCUT2D eigenvalue weighted by Gasteiger charge is -2.59. The van der Waals surface area contributed by atoms with Crippen molar-refractivity contribution in [3.63, 3.8) is 0 Å². The minimum absolute atomic E-state index is 0.295. The standard InChI is InChI=1S/C19H27NO2/c21-11-3-9-20-10-8-19-7-2-1-4-16(19)18(20)12-14-5-6-15(22)13-17(14)19/h5-6,13,16,18,21-22H,1-4,7-12H2/t16-,18-,19+/m0/s1. The molecule has 0 unspecified atom stereocenters. The van der Waals surface area contributed by atoms with Crippen molar-refractivity contribution in [1.29, 1.82) is 0 Å². The lowest BCUT2D eigenvalue weighted by molar-refractivity contribution is -0.0134. The van der Waals surface area contributed by atoms with Crippen LogP contribution in [-0.4, -0.2) is 40.9 Å². The maximum absolute atomic E-state index is 10.0. The molecular formula is C19H27NO2. The van der Waals surface area contributed by atoms with Crippen molar-refractivity contribution < 1.29 is 10.2 Å². The van der Waals surface area contributed by atoms with E-state index in [-0.39, 0.29) is 0 Å². The molecule has 3 heteroatoms. The number of hydrogen-bond donors (Lipinski definition) is 2. The first kappa shape index (κ1) is 14.5. The number of phenols is 1. The number of hydrogen-bond acceptors (Lipinski definition) is 3. The molecule has 3 aliphatic rings. The molecule has 3 atom stereocenters. The van der Waals surface area contributed by atoms with Crippen LogP contribution in [0.1, 0.15) is 49.7 Å². The number of aliphatic hydroxyl groups is 1. The molecule has 1 heterocycles. The minimum atomic E-state index is 0.295. The van der Waals surface area contributed by atoms with E-state index in [1.54, 1.807) is 0 Å². The second-order valence-electron chi connectivity index (χ2n) is 7.48. The van der Waals surface area contributed by atoms with E-state index in [1.165, 1.54) is 43.2 Å². The second-order valence-corrected chi connectivity index (χ2v) is 7.48. The maximum Gasteiger partial charge on any atom is 0.115 e. The van der Waals surface area contributed by atoms with Gasteiger partial charge in [-0.2, -0.15) is 0 Å². The molecule has 1 saturated heterocycles. The summed E-state index contributed by atoms with van der Waals surface area (Å²) < 4.78 is 0. The minimum Gasteiger partial charge on any atom is -0.508 e. The number of piperidine rings is 1. The third-order valence-electron chi connectivity index (χ3n) is 6.54. The smallest absolute Gasteiger partial charge is 0.115 e. The fraction of sp³-hybridized carbons (Fsp3) is 0.684. The third-order valence-corrected chi connectivity index (χ3v) is 6.54. The Morgan fingerprint density at radius 3 is 3.00 bits per heavy atom. The van der Waals surface area contributed by atoms with Gasteiger partial charge in [-0.05, 0) is 67.8 Å². The van der Waals surface area contributed by atoms with E-state index in [0.29, 0.717) is 23.8 Å². The second kappa shape index (κ2) is 5.54. The van der Waals surface area contributed by atoms with Gasteiger partial charge < -0.3 is 10.2 Å². The Balaban J connectivity index is 1.75. The number of nitrogens with zero attached hydrogens (tertiary/aromatic N) is 1. The van der Waals surface area contributed by atoms with E-state index in [9.17, 15) is 10.2 Å². The zero-order valence-electron chi connectivity index (χ0n) is 13.3. The number of likely N-dealkylation sites (tertiary alicyclic amines) is 1. The van der Waals surface area contributed by atoms with Crippen LogP contribution in [0.15, 0.2) is 18.2 Å². The first-order valence-corrected chi connectivity index (χ1v) is 8.92. The van der Waals surface area contributed by atoms with E-state index in [0.717, 1.165) is 31.8 Å². The Labute approximate surface area is 133 Å². The van der Waals surface area contributed by atoms with Crippen LogP contribution in [0.2, 0.25) is 0 Å². The molecule has 2 aliphatic carbocycles. The van der Waals surface area contributed by atoms with E-state index in [1.807, 2.05) is 6.07 Å². The van der Waals surface area contributed by atoms with Crippen LogP contribution in [0.25, 0.3) is 0 Å². The van der Waals surface area contributed by atoms with Gasteiger partial charge in [0.1, 0.15) is 5.75 Å². The molecule has 0 amide bonds. The van der Waals surface area contributed by atoms with Gasteiger partial charge in [-0.15, -0.1) is 0 Å².